The highest BCUT2D eigenvalue weighted by Gasteiger charge is 2.16. The Morgan fingerprint density at radius 1 is 1.32 bits per heavy atom. The van der Waals surface area contributed by atoms with Crippen LogP contribution in [0.1, 0.15) is 6.92 Å². The average Bonchev–Trinajstić information content (AvgIpc) is 2.43. The Hall–Kier alpha value is -1.20. The fourth-order valence-corrected chi connectivity index (χ4v) is 2.62. The van der Waals surface area contributed by atoms with Gasteiger partial charge in [-0.3, -0.25) is 0 Å². The summed E-state index contributed by atoms with van der Waals surface area (Å²) in [5, 5.41) is 10.4. The van der Waals surface area contributed by atoms with E-state index >= 15 is 0 Å². The summed E-state index contributed by atoms with van der Waals surface area (Å²) in [6, 6.07) is 10.9. The first-order valence-electron chi connectivity index (χ1n) is 5.85. The topological polar surface area (TPSA) is 42.4 Å². The fraction of sp³-hybridized carbons (Fsp3) is 0.214. The molecule has 0 bridgehead atoms. The Kier molecular flexibility index (Phi) is 5.10. The summed E-state index contributed by atoms with van der Waals surface area (Å²) in [5.41, 5.74) is 0. The molecule has 1 atom stereocenters. The number of pyridine rings is 1. The van der Waals surface area contributed by atoms with E-state index in [0.717, 1.165) is 21.9 Å². The second-order valence-electron chi connectivity index (χ2n) is 4.00. The highest BCUT2D eigenvalue weighted by molar-refractivity contribution is 9.10. The zero-order chi connectivity index (χ0) is 13.7. The van der Waals surface area contributed by atoms with Crippen LogP contribution in [0, 0.1) is 0 Å². The van der Waals surface area contributed by atoms with Crippen molar-refractivity contribution in [1.29, 1.82) is 0 Å². The zero-order valence-electron chi connectivity index (χ0n) is 10.4. The van der Waals surface area contributed by atoms with Crippen LogP contribution in [0.5, 0.6) is 11.5 Å². The SMILES string of the molecule is CC1COc2cccnc2S1.Oc1ccccc1Br. The molecule has 1 N–H and O–H groups in total. The molecule has 100 valence electrons. The van der Waals surface area contributed by atoms with E-state index in [1.807, 2.05) is 18.2 Å². The van der Waals surface area contributed by atoms with E-state index in [1.165, 1.54) is 0 Å². The van der Waals surface area contributed by atoms with Gasteiger partial charge in [0.25, 0.3) is 0 Å². The van der Waals surface area contributed by atoms with E-state index in [4.69, 9.17) is 9.84 Å². The molecule has 0 amide bonds. The first-order chi connectivity index (χ1) is 9.16. The monoisotopic (exact) mass is 339 g/mol. The molecule has 1 aliphatic rings. The molecule has 0 saturated carbocycles. The number of aromatic nitrogens is 1. The lowest BCUT2D eigenvalue weighted by molar-refractivity contribution is 0.304. The minimum absolute atomic E-state index is 0.285. The number of phenols is 1. The molecule has 0 saturated heterocycles. The first kappa shape index (κ1) is 14.2. The highest BCUT2D eigenvalue weighted by Crippen LogP contribution is 2.34. The van der Waals surface area contributed by atoms with Crippen LogP contribution in [0.3, 0.4) is 0 Å². The number of ether oxygens (including phenoxy) is 1. The number of aromatic hydroxyl groups is 1. The van der Waals surface area contributed by atoms with Crippen molar-refractivity contribution < 1.29 is 9.84 Å². The van der Waals surface area contributed by atoms with Crippen molar-refractivity contribution in [2.24, 2.45) is 0 Å². The molecule has 0 fully saturated rings. The molecule has 1 aromatic heterocycles. The van der Waals surface area contributed by atoms with Gasteiger partial charge in [0.15, 0.2) is 5.75 Å². The van der Waals surface area contributed by atoms with E-state index in [1.54, 1.807) is 36.2 Å². The number of hydrogen-bond donors (Lipinski definition) is 1. The van der Waals surface area contributed by atoms with Gasteiger partial charge in [-0.15, -0.1) is 0 Å². The van der Waals surface area contributed by atoms with Crippen LogP contribution < -0.4 is 4.74 Å². The maximum Gasteiger partial charge on any atom is 0.151 e. The number of benzene rings is 1. The van der Waals surface area contributed by atoms with Crippen LogP contribution in [-0.2, 0) is 0 Å². The number of thioether (sulfide) groups is 1. The lowest BCUT2D eigenvalue weighted by atomic mass is 10.3. The second kappa shape index (κ2) is 6.82. The lowest BCUT2D eigenvalue weighted by Gasteiger charge is -2.20. The van der Waals surface area contributed by atoms with Gasteiger partial charge in [0.05, 0.1) is 4.47 Å². The molecule has 2 aromatic rings. The van der Waals surface area contributed by atoms with Crippen LogP contribution in [0.2, 0.25) is 0 Å². The Morgan fingerprint density at radius 2 is 2.11 bits per heavy atom. The van der Waals surface area contributed by atoms with Gasteiger partial charge in [-0.1, -0.05) is 23.9 Å². The Balaban J connectivity index is 0.000000148. The molecule has 1 aromatic carbocycles. The summed E-state index contributed by atoms with van der Waals surface area (Å²) in [5.74, 6) is 1.21. The molecule has 1 unspecified atom stereocenters. The molecule has 2 heterocycles. The number of rotatable bonds is 0. The third kappa shape index (κ3) is 4.14. The van der Waals surface area contributed by atoms with Crippen LogP contribution in [0.4, 0.5) is 0 Å². The summed E-state index contributed by atoms with van der Waals surface area (Å²) < 4.78 is 6.19. The quantitative estimate of drug-likeness (QED) is 0.784. The van der Waals surface area contributed by atoms with Crippen molar-refractivity contribution in [3.8, 4) is 11.5 Å². The van der Waals surface area contributed by atoms with Gasteiger partial charge in [0, 0.05) is 11.4 Å². The second-order valence-corrected chi connectivity index (χ2v) is 6.28. The number of nitrogens with zero attached hydrogens (tertiary/aromatic N) is 1. The zero-order valence-corrected chi connectivity index (χ0v) is 12.8. The van der Waals surface area contributed by atoms with E-state index in [0.29, 0.717) is 5.25 Å². The predicted octanol–water partition coefficient (Wildman–Crippen LogP) is 4.11. The molecule has 1 aliphatic heterocycles. The van der Waals surface area contributed by atoms with E-state index in [2.05, 4.69) is 27.8 Å². The standard InChI is InChI=1S/C8H9NOS.C6H5BrO/c1-6-5-10-7-3-2-4-9-8(7)11-6;7-5-3-1-2-4-6(5)8/h2-4,6H,5H2,1H3;1-4,8H. The summed E-state index contributed by atoms with van der Waals surface area (Å²) in [6.45, 7) is 2.94. The molecule has 5 heteroatoms. The molecular formula is C14H14BrNO2S. The number of hydrogen-bond acceptors (Lipinski definition) is 4. The van der Waals surface area contributed by atoms with Crippen molar-refractivity contribution in [3.63, 3.8) is 0 Å². The van der Waals surface area contributed by atoms with Crippen LogP contribution in [0.25, 0.3) is 0 Å². The minimum atomic E-state index is 0.285. The van der Waals surface area contributed by atoms with Gasteiger partial charge in [0.1, 0.15) is 17.4 Å². The van der Waals surface area contributed by atoms with Gasteiger partial charge in [-0.05, 0) is 47.1 Å². The summed E-state index contributed by atoms with van der Waals surface area (Å²) in [4.78, 5) is 4.21. The van der Waals surface area contributed by atoms with Gasteiger partial charge in [-0.2, -0.15) is 0 Å². The van der Waals surface area contributed by atoms with Crippen molar-refractivity contribution in [3.05, 3.63) is 47.1 Å². The molecule has 0 spiro atoms. The Morgan fingerprint density at radius 3 is 2.79 bits per heavy atom. The number of fused-ring (bicyclic) bond motifs is 1. The molecular weight excluding hydrogens is 326 g/mol. The summed E-state index contributed by atoms with van der Waals surface area (Å²) in [7, 11) is 0. The van der Waals surface area contributed by atoms with Crippen LogP contribution in [-0.4, -0.2) is 21.9 Å². The molecule has 0 radical (unpaired) electrons. The van der Waals surface area contributed by atoms with E-state index < -0.39 is 0 Å². The van der Waals surface area contributed by atoms with Crippen LogP contribution in [0.15, 0.2) is 52.1 Å². The maximum atomic E-state index is 8.87. The molecule has 3 rings (SSSR count). The van der Waals surface area contributed by atoms with Crippen LogP contribution >= 0.6 is 27.7 Å². The molecule has 0 aliphatic carbocycles. The normalized spacial score (nSPS) is 16.6. The van der Waals surface area contributed by atoms with Gasteiger partial charge >= 0.3 is 0 Å². The van der Waals surface area contributed by atoms with Gasteiger partial charge in [0.2, 0.25) is 0 Å². The largest absolute Gasteiger partial charge is 0.507 e. The third-order valence-electron chi connectivity index (χ3n) is 2.38. The Labute approximate surface area is 125 Å². The van der Waals surface area contributed by atoms with Crippen molar-refractivity contribution >= 4 is 27.7 Å². The molecule has 3 nitrogen and oxygen atoms in total. The maximum absolute atomic E-state index is 8.87. The smallest absolute Gasteiger partial charge is 0.151 e. The first-order valence-corrected chi connectivity index (χ1v) is 7.52. The number of phenolic OH excluding ortho intramolecular Hbond substituents is 1. The average molecular weight is 340 g/mol. The van der Waals surface area contributed by atoms with Crippen molar-refractivity contribution in [2.75, 3.05) is 6.61 Å². The minimum Gasteiger partial charge on any atom is -0.507 e. The summed E-state index contributed by atoms with van der Waals surface area (Å²) >= 11 is 4.92. The van der Waals surface area contributed by atoms with Gasteiger partial charge < -0.3 is 9.84 Å². The van der Waals surface area contributed by atoms with E-state index in [-0.39, 0.29) is 5.75 Å². The van der Waals surface area contributed by atoms with E-state index in [9.17, 15) is 0 Å². The lowest BCUT2D eigenvalue weighted by Crippen LogP contribution is -2.15. The highest BCUT2D eigenvalue weighted by atomic mass is 79.9. The van der Waals surface area contributed by atoms with Crippen molar-refractivity contribution in [2.45, 2.75) is 17.2 Å². The summed E-state index contributed by atoms with van der Waals surface area (Å²) in [6.07, 6.45) is 1.80. The third-order valence-corrected chi connectivity index (χ3v) is 4.11. The predicted molar refractivity (Wildman–Crippen MR) is 80.9 cm³/mol. The molecule has 19 heavy (non-hydrogen) atoms. The fourth-order valence-electron chi connectivity index (χ4n) is 1.46. The number of halogens is 1. The Bertz CT molecular complexity index is 529. The van der Waals surface area contributed by atoms with Gasteiger partial charge in [-0.25, -0.2) is 4.98 Å². The van der Waals surface area contributed by atoms with Crippen molar-refractivity contribution in [1.82, 2.24) is 4.98 Å². The number of para-hydroxylation sites is 1.